The van der Waals surface area contributed by atoms with Gasteiger partial charge in [-0.3, -0.25) is 4.79 Å². The molecule has 1 aromatic carbocycles. The maximum absolute atomic E-state index is 11.8. The molecule has 0 aliphatic rings. The summed E-state index contributed by atoms with van der Waals surface area (Å²) < 4.78 is 0. The van der Waals surface area contributed by atoms with Gasteiger partial charge in [0.1, 0.15) is 0 Å². The van der Waals surface area contributed by atoms with Crippen LogP contribution in [0.4, 0.5) is 5.69 Å². The average molecular weight is 273 g/mol. The molecule has 2 aromatic rings. The van der Waals surface area contributed by atoms with Gasteiger partial charge in [-0.05, 0) is 50.5 Å². The van der Waals surface area contributed by atoms with Gasteiger partial charge in [-0.2, -0.15) is 0 Å². The number of amides is 1. The lowest BCUT2D eigenvalue weighted by Crippen LogP contribution is -2.11. The standard InChI is InChI=1S/C16H19NOS/c1-12-11-14(13(2)19-12)7-6-10-16(18)17-15-8-4-3-5-9-15/h3-5,8-9,11H,6-7,10H2,1-2H3,(H,17,18). The van der Waals surface area contributed by atoms with E-state index in [1.54, 1.807) is 0 Å². The Labute approximate surface area is 118 Å². The fourth-order valence-corrected chi connectivity index (χ4v) is 3.09. The van der Waals surface area contributed by atoms with Gasteiger partial charge in [-0.1, -0.05) is 18.2 Å². The summed E-state index contributed by atoms with van der Waals surface area (Å²) in [4.78, 5) is 14.5. The summed E-state index contributed by atoms with van der Waals surface area (Å²) in [6.45, 7) is 4.28. The molecule has 0 bridgehead atoms. The number of anilines is 1. The number of hydrogen-bond acceptors (Lipinski definition) is 2. The topological polar surface area (TPSA) is 29.1 Å². The lowest BCUT2D eigenvalue weighted by atomic mass is 10.1. The number of thiophene rings is 1. The summed E-state index contributed by atoms with van der Waals surface area (Å²) in [5, 5.41) is 2.91. The van der Waals surface area contributed by atoms with Crippen molar-refractivity contribution >= 4 is 22.9 Å². The third kappa shape index (κ3) is 4.21. The van der Waals surface area contributed by atoms with Crippen LogP contribution >= 0.6 is 11.3 Å². The van der Waals surface area contributed by atoms with E-state index < -0.39 is 0 Å². The zero-order valence-electron chi connectivity index (χ0n) is 11.4. The van der Waals surface area contributed by atoms with Crippen LogP contribution in [0.5, 0.6) is 0 Å². The van der Waals surface area contributed by atoms with Crippen molar-refractivity contribution in [2.75, 3.05) is 5.32 Å². The minimum atomic E-state index is 0.0933. The van der Waals surface area contributed by atoms with Crippen molar-refractivity contribution in [3.8, 4) is 0 Å². The molecule has 1 aromatic heterocycles. The van der Waals surface area contributed by atoms with E-state index in [4.69, 9.17) is 0 Å². The molecule has 100 valence electrons. The summed E-state index contributed by atoms with van der Waals surface area (Å²) >= 11 is 1.83. The first kappa shape index (κ1) is 13.8. The lowest BCUT2D eigenvalue weighted by Gasteiger charge is -2.04. The highest BCUT2D eigenvalue weighted by atomic mass is 32.1. The molecule has 1 heterocycles. The van der Waals surface area contributed by atoms with E-state index in [1.807, 2.05) is 41.7 Å². The first-order valence-corrected chi connectivity index (χ1v) is 7.37. The Balaban J connectivity index is 1.77. The van der Waals surface area contributed by atoms with Crippen molar-refractivity contribution in [2.24, 2.45) is 0 Å². The third-order valence-corrected chi connectivity index (χ3v) is 4.06. The second kappa shape index (κ2) is 6.53. The van der Waals surface area contributed by atoms with E-state index in [1.165, 1.54) is 15.3 Å². The SMILES string of the molecule is Cc1cc(CCCC(=O)Nc2ccccc2)c(C)s1. The van der Waals surface area contributed by atoms with Crippen LogP contribution in [0.2, 0.25) is 0 Å². The van der Waals surface area contributed by atoms with Crippen LogP contribution in [0, 0.1) is 13.8 Å². The molecule has 1 N–H and O–H groups in total. The van der Waals surface area contributed by atoms with Crippen LogP contribution in [0.25, 0.3) is 0 Å². The molecule has 0 saturated heterocycles. The second-order valence-electron chi connectivity index (χ2n) is 4.71. The number of rotatable bonds is 5. The van der Waals surface area contributed by atoms with Crippen molar-refractivity contribution in [1.82, 2.24) is 0 Å². The number of carbonyl (C=O) groups is 1. The average Bonchev–Trinajstić information content (AvgIpc) is 2.69. The van der Waals surface area contributed by atoms with Crippen LogP contribution in [0.1, 0.15) is 28.2 Å². The number of nitrogens with one attached hydrogen (secondary N) is 1. The van der Waals surface area contributed by atoms with Gasteiger partial charge in [0.2, 0.25) is 5.91 Å². The maximum atomic E-state index is 11.8. The highest BCUT2D eigenvalue weighted by Gasteiger charge is 2.05. The lowest BCUT2D eigenvalue weighted by molar-refractivity contribution is -0.116. The molecule has 2 nitrogen and oxygen atoms in total. The second-order valence-corrected chi connectivity index (χ2v) is 6.17. The molecule has 0 aliphatic carbocycles. The van der Waals surface area contributed by atoms with E-state index in [-0.39, 0.29) is 5.91 Å². The highest BCUT2D eigenvalue weighted by Crippen LogP contribution is 2.22. The Morgan fingerprint density at radius 3 is 2.58 bits per heavy atom. The van der Waals surface area contributed by atoms with Gasteiger partial charge in [-0.25, -0.2) is 0 Å². The normalized spacial score (nSPS) is 10.4. The number of benzene rings is 1. The minimum absolute atomic E-state index is 0.0933. The maximum Gasteiger partial charge on any atom is 0.224 e. The van der Waals surface area contributed by atoms with E-state index >= 15 is 0 Å². The molecule has 0 fully saturated rings. The fraction of sp³-hybridized carbons (Fsp3) is 0.312. The quantitative estimate of drug-likeness (QED) is 0.863. The van der Waals surface area contributed by atoms with Gasteiger partial charge in [0, 0.05) is 21.9 Å². The number of aryl methyl sites for hydroxylation is 3. The predicted molar refractivity (Wildman–Crippen MR) is 81.8 cm³/mol. The van der Waals surface area contributed by atoms with Crippen molar-refractivity contribution < 1.29 is 4.79 Å². The molecular weight excluding hydrogens is 254 g/mol. The van der Waals surface area contributed by atoms with Crippen LogP contribution in [-0.4, -0.2) is 5.91 Å². The first-order chi connectivity index (χ1) is 9.15. The predicted octanol–water partition coefficient (Wildman–Crippen LogP) is 4.33. The van der Waals surface area contributed by atoms with Crippen molar-refractivity contribution in [3.63, 3.8) is 0 Å². The molecule has 0 unspecified atom stereocenters. The van der Waals surface area contributed by atoms with Crippen LogP contribution < -0.4 is 5.32 Å². The van der Waals surface area contributed by atoms with Gasteiger partial charge >= 0.3 is 0 Å². The third-order valence-electron chi connectivity index (χ3n) is 3.05. The summed E-state index contributed by atoms with van der Waals surface area (Å²) in [5.41, 5.74) is 2.25. The van der Waals surface area contributed by atoms with Gasteiger partial charge in [0.25, 0.3) is 0 Å². The van der Waals surface area contributed by atoms with E-state index in [0.717, 1.165) is 18.5 Å². The summed E-state index contributed by atoms with van der Waals surface area (Å²) in [7, 11) is 0. The number of para-hydroxylation sites is 1. The highest BCUT2D eigenvalue weighted by molar-refractivity contribution is 7.12. The molecule has 0 atom stereocenters. The van der Waals surface area contributed by atoms with Gasteiger partial charge in [0.15, 0.2) is 0 Å². The van der Waals surface area contributed by atoms with Crippen molar-refractivity contribution in [2.45, 2.75) is 33.1 Å². The molecule has 2 rings (SSSR count). The smallest absolute Gasteiger partial charge is 0.224 e. The van der Waals surface area contributed by atoms with E-state index in [0.29, 0.717) is 6.42 Å². The first-order valence-electron chi connectivity index (χ1n) is 6.56. The van der Waals surface area contributed by atoms with Crippen molar-refractivity contribution in [3.05, 3.63) is 51.7 Å². The minimum Gasteiger partial charge on any atom is -0.326 e. The zero-order valence-corrected chi connectivity index (χ0v) is 12.2. The molecule has 19 heavy (non-hydrogen) atoms. The Morgan fingerprint density at radius 2 is 1.95 bits per heavy atom. The fourth-order valence-electron chi connectivity index (χ4n) is 2.12. The van der Waals surface area contributed by atoms with Crippen LogP contribution in [0.3, 0.4) is 0 Å². The molecule has 0 aliphatic heterocycles. The number of carbonyl (C=O) groups excluding carboxylic acids is 1. The Hall–Kier alpha value is -1.61. The van der Waals surface area contributed by atoms with E-state index in [9.17, 15) is 4.79 Å². The molecule has 0 radical (unpaired) electrons. The van der Waals surface area contributed by atoms with Gasteiger partial charge in [0.05, 0.1) is 0 Å². The molecule has 0 saturated carbocycles. The molecule has 3 heteroatoms. The molecule has 1 amide bonds. The number of hydrogen-bond donors (Lipinski definition) is 1. The summed E-state index contributed by atoms with van der Waals surface area (Å²) in [6, 6.07) is 11.8. The van der Waals surface area contributed by atoms with Gasteiger partial charge in [-0.15, -0.1) is 11.3 Å². The Bertz CT molecular complexity index is 545. The summed E-state index contributed by atoms with van der Waals surface area (Å²) in [6.07, 6.45) is 2.46. The largest absolute Gasteiger partial charge is 0.326 e. The van der Waals surface area contributed by atoms with Crippen LogP contribution in [-0.2, 0) is 11.2 Å². The summed E-state index contributed by atoms with van der Waals surface area (Å²) in [5.74, 6) is 0.0933. The molecule has 0 spiro atoms. The zero-order chi connectivity index (χ0) is 13.7. The Kier molecular flexibility index (Phi) is 4.74. The monoisotopic (exact) mass is 273 g/mol. The van der Waals surface area contributed by atoms with Gasteiger partial charge < -0.3 is 5.32 Å². The van der Waals surface area contributed by atoms with Crippen molar-refractivity contribution in [1.29, 1.82) is 0 Å². The van der Waals surface area contributed by atoms with Crippen LogP contribution in [0.15, 0.2) is 36.4 Å². The molecular formula is C16H19NOS. The van der Waals surface area contributed by atoms with E-state index in [2.05, 4.69) is 25.2 Å². The Morgan fingerprint density at radius 1 is 1.21 bits per heavy atom.